The van der Waals surface area contributed by atoms with Gasteiger partial charge in [-0.2, -0.15) is 0 Å². The van der Waals surface area contributed by atoms with Gasteiger partial charge in [0, 0.05) is 0 Å². The van der Waals surface area contributed by atoms with Crippen molar-refractivity contribution in [1.29, 1.82) is 0 Å². The number of hydrogen-bond donors (Lipinski definition) is 0. The normalized spacial score (nSPS) is 10.1. The maximum absolute atomic E-state index is 5.49. The summed E-state index contributed by atoms with van der Waals surface area (Å²) in [5.74, 6) is 1.70. The van der Waals surface area contributed by atoms with Gasteiger partial charge in [-0.1, -0.05) is 36.4 Å². The monoisotopic (exact) mass is 228 g/mol. The summed E-state index contributed by atoms with van der Waals surface area (Å²) in [6, 6.07) is 14.1. The Morgan fingerprint density at radius 2 is 1.53 bits per heavy atom. The third-order valence-electron chi connectivity index (χ3n) is 2.80. The first-order valence-corrected chi connectivity index (χ1v) is 5.55. The van der Waals surface area contributed by atoms with Crippen molar-refractivity contribution in [3.8, 4) is 22.6 Å². The van der Waals surface area contributed by atoms with Crippen molar-refractivity contribution in [1.82, 2.24) is 0 Å². The molecule has 0 aliphatic rings. The van der Waals surface area contributed by atoms with Crippen LogP contribution in [0.3, 0.4) is 0 Å². The van der Waals surface area contributed by atoms with E-state index >= 15 is 0 Å². The molecular formula is C15H16O2. The summed E-state index contributed by atoms with van der Waals surface area (Å²) in [5.41, 5.74) is 3.22. The summed E-state index contributed by atoms with van der Waals surface area (Å²) in [6.45, 7) is 2.03. The van der Waals surface area contributed by atoms with Gasteiger partial charge in [-0.3, -0.25) is 0 Å². The average molecular weight is 228 g/mol. The Morgan fingerprint density at radius 3 is 2.12 bits per heavy atom. The standard InChI is InChI=1S/C15H16O2/c1-11-9-10-13(16-2)14(15(11)17-3)12-7-5-4-6-8-12/h4-10H,1-3H3. The fourth-order valence-electron chi connectivity index (χ4n) is 1.98. The van der Waals surface area contributed by atoms with Crippen molar-refractivity contribution in [2.75, 3.05) is 14.2 Å². The molecule has 2 heteroatoms. The molecule has 0 aliphatic carbocycles. The van der Waals surface area contributed by atoms with Gasteiger partial charge in [-0.05, 0) is 24.1 Å². The minimum atomic E-state index is 0.832. The van der Waals surface area contributed by atoms with Gasteiger partial charge >= 0.3 is 0 Å². The van der Waals surface area contributed by atoms with E-state index in [1.807, 2.05) is 37.3 Å². The van der Waals surface area contributed by atoms with E-state index in [0.29, 0.717) is 0 Å². The fraction of sp³-hybridized carbons (Fsp3) is 0.200. The van der Waals surface area contributed by atoms with Crippen LogP contribution in [0.4, 0.5) is 0 Å². The summed E-state index contributed by atoms with van der Waals surface area (Å²) in [4.78, 5) is 0. The lowest BCUT2D eigenvalue weighted by molar-refractivity contribution is 0.395. The first kappa shape index (κ1) is 11.5. The van der Waals surface area contributed by atoms with Crippen molar-refractivity contribution < 1.29 is 9.47 Å². The second-order valence-corrected chi connectivity index (χ2v) is 3.86. The number of aryl methyl sites for hydroxylation is 1. The van der Waals surface area contributed by atoms with E-state index in [1.54, 1.807) is 14.2 Å². The average Bonchev–Trinajstić information content (AvgIpc) is 2.39. The van der Waals surface area contributed by atoms with Crippen LogP contribution in [0.25, 0.3) is 11.1 Å². The molecule has 17 heavy (non-hydrogen) atoms. The van der Waals surface area contributed by atoms with E-state index < -0.39 is 0 Å². The molecule has 2 aromatic carbocycles. The largest absolute Gasteiger partial charge is 0.496 e. The molecule has 0 aromatic heterocycles. The second kappa shape index (κ2) is 4.91. The maximum atomic E-state index is 5.49. The minimum absolute atomic E-state index is 0.832. The minimum Gasteiger partial charge on any atom is -0.496 e. The summed E-state index contributed by atoms with van der Waals surface area (Å²) < 4.78 is 10.9. The van der Waals surface area contributed by atoms with Crippen LogP contribution in [-0.2, 0) is 0 Å². The van der Waals surface area contributed by atoms with Crippen molar-refractivity contribution in [2.45, 2.75) is 6.92 Å². The van der Waals surface area contributed by atoms with Crippen LogP contribution in [0.5, 0.6) is 11.5 Å². The van der Waals surface area contributed by atoms with E-state index in [1.165, 1.54) is 0 Å². The molecule has 2 nitrogen and oxygen atoms in total. The van der Waals surface area contributed by atoms with Crippen molar-refractivity contribution in [3.05, 3.63) is 48.0 Å². The Kier molecular flexibility index (Phi) is 3.33. The van der Waals surface area contributed by atoms with Crippen LogP contribution in [0, 0.1) is 6.92 Å². The van der Waals surface area contributed by atoms with Crippen LogP contribution in [-0.4, -0.2) is 14.2 Å². The summed E-state index contributed by atoms with van der Waals surface area (Å²) in [6.07, 6.45) is 0. The first-order chi connectivity index (χ1) is 8.27. The number of methoxy groups -OCH3 is 2. The highest BCUT2D eigenvalue weighted by molar-refractivity contribution is 5.78. The van der Waals surface area contributed by atoms with Crippen LogP contribution in [0.2, 0.25) is 0 Å². The molecule has 0 saturated carbocycles. The van der Waals surface area contributed by atoms with Crippen molar-refractivity contribution in [2.24, 2.45) is 0 Å². The number of benzene rings is 2. The molecule has 0 fully saturated rings. The molecule has 0 heterocycles. The Bertz CT molecular complexity index is 504. The number of ether oxygens (including phenoxy) is 2. The zero-order chi connectivity index (χ0) is 12.3. The Morgan fingerprint density at radius 1 is 0.824 bits per heavy atom. The predicted molar refractivity (Wildman–Crippen MR) is 69.7 cm³/mol. The lowest BCUT2D eigenvalue weighted by Gasteiger charge is -2.15. The van der Waals surface area contributed by atoms with E-state index in [9.17, 15) is 0 Å². The number of rotatable bonds is 3. The highest BCUT2D eigenvalue weighted by Gasteiger charge is 2.14. The Hall–Kier alpha value is -1.96. The van der Waals surface area contributed by atoms with Gasteiger partial charge in [-0.15, -0.1) is 0 Å². The van der Waals surface area contributed by atoms with Crippen LogP contribution in [0.15, 0.2) is 42.5 Å². The van der Waals surface area contributed by atoms with Crippen molar-refractivity contribution in [3.63, 3.8) is 0 Å². The zero-order valence-corrected chi connectivity index (χ0v) is 10.4. The van der Waals surface area contributed by atoms with Gasteiger partial charge in [0.25, 0.3) is 0 Å². The Balaban J connectivity index is 2.69. The predicted octanol–water partition coefficient (Wildman–Crippen LogP) is 3.68. The Labute approximate surface area is 102 Å². The van der Waals surface area contributed by atoms with Crippen LogP contribution in [0.1, 0.15) is 5.56 Å². The molecule has 0 aliphatic heterocycles. The quantitative estimate of drug-likeness (QED) is 0.797. The zero-order valence-electron chi connectivity index (χ0n) is 10.4. The summed E-state index contributed by atoms with van der Waals surface area (Å²) in [5, 5.41) is 0. The molecule has 0 N–H and O–H groups in total. The molecule has 2 rings (SSSR count). The van der Waals surface area contributed by atoms with Crippen molar-refractivity contribution >= 4 is 0 Å². The fourth-order valence-corrected chi connectivity index (χ4v) is 1.98. The SMILES string of the molecule is COc1ccc(C)c(OC)c1-c1ccccc1. The number of hydrogen-bond acceptors (Lipinski definition) is 2. The van der Waals surface area contributed by atoms with Crippen LogP contribution < -0.4 is 9.47 Å². The third kappa shape index (κ3) is 2.11. The van der Waals surface area contributed by atoms with E-state index in [2.05, 4.69) is 12.1 Å². The second-order valence-electron chi connectivity index (χ2n) is 3.86. The van der Waals surface area contributed by atoms with E-state index in [4.69, 9.17) is 9.47 Å². The topological polar surface area (TPSA) is 18.5 Å². The van der Waals surface area contributed by atoms with Crippen LogP contribution >= 0.6 is 0 Å². The molecule has 0 atom stereocenters. The molecule has 0 unspecified atom stereocenters. The molecule has 0 saturated heterocycles. The van der Waals surface area contributed by atoms with Gasteiger partial charge in [0.05, 0.1) is 19.8 Å². The molecule has 0 spiro atoms. The van der Waals surface area contributed by atoms with Gasteiger partial charge in [0.1, 0.15) is 11.5 Å². The lowest BCUT2D eigenvalue weighted by Crippen LogP contribution is -1.95. The molecule has 0 amide bonds. The first-order valence-electron chi connectivity index (χ1n) is 5.55. The van der Waals surface area contributed by atoms with Gasteiger partial charge in [-0.25, -0.2) is 0 Å². The third-order valence-corrected chi connectivity index (χ3v) is 2.80. The highest BCUT2D eigenvalue weighted by atomic mass is 16.5. The molecule has 0 radical (unpaired) electrons. The lowest BCUT2D eigenvalue weighted by atomic mass is 10.0. The van der Waals surface area contributed by atoms with E-state index in [-0.39, 0.29) is 0 Å². The summed E-state index contributed by atoms with van der Waals surface area (Å²) >= 11 is 0. The van der Waals surface area contributed by atoms with Gasteiger partial charge in [0.15, 0.2) is 0 Å². The van der Waals surface area contributed by atoms with Gasteiger partial charge < -0.3 is 9.47 Å². The molecule has 0 bridgehead atoms. The van der Waals surface area contributed by atoms with Gasteiger partial charge in [0.2, 0.25) is 0 Å². The highest BCUT2D eigenvalue weighted by Crippen LogP contribution is 2.40. The van der Waals surface area contributed by atoms with E-state index in [0.717, 1.165) is 28.2 Å². The molecule has 88 valence electrons. The smallest absolute Gasteiger partial charge is 0.133 e. The molecule has 2 aromatic rings. The molecular weight excluding hydrogens is 212 g/mol. The summed E-state index contributed by atoms with van der Waals surface area (Å²) in [7, 11) is 3.37. The maximum Gasteiger partial charge on any atom is 0.133 e.